The van der Waals surface area contributed by atoms with Crippen LogP contribution in [0.5, 0.6) is 0 Å². The third-order valence-corrected chi connectivity index (χ3v) is 3.76. The lowest BCUT2D eigenvalue weighted by Crippen LogP contribution is -2.39. The van der Waals surface area contributed by atoms with Crippen LogP contribution < -0.4 is 0 Å². The summed E-state index contributed by atoms with van der Waals surface area (Å²) in [5.41, 5.74) is 0.580. The molecule has 1 fully saturated rings. The van der Waals surface area contributed by atoms with Crippen LogP contribution >= 0.6 is 15.9 Å². The lowest BCUT2D eigenvalue weighted by Gasteiger charge is -2.24. The molecule has 104 valence electrons. The molecule has 0 saturated heterocycles. The Labute approximate surface area is 120 Å². The number of carboxylic acids is 1. The average Bonchev–Trinajstić information content (AvgIpc) is 3.10. The van der Waals surface area contributed by atoms with Crippen molar-refractivity contribution in [2.75, 3.05) is 6.54 Å². The van der Waals surface area contributed by atoms with Gasteiger partial charge in [0.05, 0.1) is 5.92 Å². The van der Waals surface area contributed by atoms with Crippen molar-refractivity contribution in [1.82, 2.24) is 9.47 Å². The fourth-order valence-corrected chi connectivity index (χ4v) is 2.57. The summed E-state index contributed by atoms with van der Waals surface area (Å²) in [4.78, 5) is 25.2. The number of hydrogen-bond donors (Lipinski definition) is 1. The first-order valence-electron chi connectivity index (χ1n) is 6.25. The molecule has 0 radical (unpaired) electrons. The molecule has 1 saturated carbocycles. The van der Waals surface area contributed by atoms with Gasteiger partial charge in [-0.15, -0.1) is 0 Å². The fourth-order valence-electron chi connectivity index (χ4n) is 2.04. The summed E-state index contributed by atoms with van der Waals surface area (Å²) in [6, 6.07) is 1.96. The summed E-state index contributed by atoms with van der Waals surface area (Å²) in [7, 11) is 1.81. The monoisotopic (exact) mass is 328 g/mol. The number of amides is 1. The fraction of sp³-hybridized carbons (Fsp3) is 0.538. The molecule has 1 aliphatic carbocycles. The van der Waals surface area contributed by atoms with Gasteiger partial charge in [0.1, 0.15) is 5.69 Å². The molecule has 0 bridgehead atoms. The Balaban J connectivity index is 2.17. The van der Waals surface area contributed by atoms with Crippen molar-refractivity contribution >= 4 is 27.8 Å². The van der Waals surface area contributed by atoms with E-state index in [1.54, 1.807) is 22.5 Å². The molecule has 1 N–H and O–H groups in total. The Morgan fingerprint density at radius 3 is 2.63 bits per heavy atom. The quantitative estimate of drug-likeness (QED) is 0.900. The van der Waals surface area contributed by atoms with E-state index < -0.39 is 11.9 Å². The molecule has 0 spiro atoms. The highest BCUT2D eigenvalue weighted by Gasteiger charge is 2.35. The van der Waals surface area contributed by atoms with Crippen molar-refractivity contribution in [3.8, 4) is 0 Å². The molecule has 1 heterocycles. The molecule has 1 aromatic rings. The molecule has 1 aliphatic rings. The van der Waals surface area contributed by atoms with Crippen molar-refractivity contribution in [3.63, 3.8) is 0 Å². The number of halogens is 1. The first kappa shape index (κ1) is 14.1. The number of aryl methyl sites for hydroxylation is 1. The van der Waals surface area contributed by atoms with Gasteiger partial charge in [-0.25, -0.2) is 0 Å². The van der Waals surface area contributed by atoms with E-state index >= 15 is 0 Å². The van der Waals surface area contributed by atoms with E-state index in [1.165, 1.54) is 0 Å². The van der Waals surface area contributed by atoms with E-state index in [4.69, 9.17) is 5.11 Å². The molecule has 1 amide bonds. The van der Waals surface area contributed by atoms with Crippen LogP contribution in [0.1, 0.15) is 30.3 Å². The minimum Gasteiger partial charge on any atom is -0.481 e. The molecular formula is C13H17BrN2O3. The van der Waals surface area contributed by atoms with Gasteiger partial charge in [0.15, 0.2) is 0 Å². The standard InChI is InChI=1S/C13H17BrN2O3/c1-8(13(18)19)6-16(10-3-4-10)12(17)11-5-9(14)7-15(11)2/h5,7-8,10H,3-4,6H2,1-2H3,(H,18,19). The molecule has 6 heteroatoms. The molecule has 2 rings (SSSR count). The molecule has 1 unspecified atom stereocenters. The first-order valence-corrected chi connectivity index (χ1v) is 7.05. The molecular weight excluding hydrogens is 312 g/mol. The second kappa shape index (κ2) is 5.36. The third-order valence-electron chi connectivity index (χ3n) is 3.33. The Morgan fingerprint density at radius 1 is 1.58 bits per heavy atom. The Morgan fingerprint density at radius 2 is 2.21 bits per heavy atom. The highest BCUT2D eigenvalue weighted by molar-refractivity contribution is 9.10. The van der Waals surface area contributed by atoms with Crippen LogP contribution in [0.2, 0.25) is 0 Å². The van der Waals surface area contributed by atoms with E-state index in [2.05, 4.69) is 15.9 Å². The van der Waals surface area contributed by atoms with Crippen molar-refractivity contribution in [3.05, 3.63) is 22.4 Å². The molecule has 0 aliphatic heterocycles. The highest BCUT2D eigenvalue weighted by Crippen LogP contribution is 2.29. The van der Waals surface area contributed by atoms with Crippen molar-refractivity contribution in [2.24, 2.45) is 13.0 Å². The van der Waals surface area contributed by atoms with E-state index in [1.807, 2.05) is 13.2 Å². The minimum atomic E-state index is -0.869. The summed E-state index contributed by atoms with van der Waals surface area (Å²) >= 11 is 3.34. The maximum absolute atomic E-state index is 12.5. The summed E-state index contributed by atoms with van der Waals surface area (Å²) in [6.07, 6.45) is 3.74. The third kappa shape index (κ3) is 3.18. The number of carboxylic acid groups (broad SMARTS) is 1. The normalized spacial score (nSPS) is 16.2. The molecule has 1 atom stereocenters. The van der Waals surface area contributed by atoms with Gasteiger partial charge in [-0.3, -0.25) is 9.59 Å². The smallest absolute Gasteiger partial charge is 0.308 e. The number of carbonyl (C=O) groups is 2. The second-order valence-corrected chi connectivity index (χ2v) is 6.00. The maximum Gasteiger partial charge on any atom is 0.308 e. The molecule has 1 aromatic heterocycles. The number of carbonyl (C=O) groups excluding carboxylic acids is 1. The number of hydrogen-bond acceptors (Lipinski definition) is 2. The number of rotatable bonds is 5. The summed E-state index contributed by atoms with van der Waals surface area (Å²) in [5, 5.41) is 8.99. The van der Waals surface area contributed by atoms with Gasteiger partial charge >= 0.3 is 5.97 Å². The SMILES string of the molecule is CC(CN(C(=O)c1cc(Br)cn1C)C1CC1)C(=O)O. The zero-order valence-electron chi connectivity index (χ0n) is 11.0. The number of aromatic nitrogens is 1. The molecule has 19 heavy (non-hydrogen) atoms. The molecule has 5 nitrogen and oxygen atoms in total. The molecule has 0 aromatic carbocycles. The van der Waals surface area contributed by atoms with Crippen LogP contribution in [0.3, 0.4) is 0 Å². The van der Waals surface area contributed by atoms with Gasteiger partial charge in [0, 0.05) is 30.3 Å². The minimum absolute atomic E-state index is 0.0937. The van der Waals surface area contributed by atoms with Gasteiger partial charge < -0.3 is 14.6 Å². The summed E-state index contributed by atoms with van der Waals surface area (Å²) in [6.45, 7) is 1.90. The van der Waals surface area contributed by atoms with Crippen molar-refractivity contribution in [1.29, 1.82) is 0 Å². The zero-order chi connectivity index (χ0) is 14.2. The predicted octanol–water partition coefficient (Wildman–Crippen LogP) is 2.11. The van der Waals surface area contributed by atoms with Crippen molar-refractivity contribution in [2.45, 2.75) is 25.8 Å². The Bertz CT molecular complexity index is 508. The van der Waals surface area contributed by atoms with Crippen LogP contribution in [0.25, 0.3) is 0 Å². The summed E-state index contributed by atoms with van der Waals surface area (Å²) < 4.78 is 2.60. The van der Waals surface area contributed by atoms with E-state index in [-0.39, 0.29) is 18.5 Å². The maximum atomic E-state index is 12.5. The van der Waals surface area contributed by atoms with Gasteiger partial charge in [0.2, 0.25) is 0 Å². The van der Waals surface area contributed by atoms with Gasteiger partial charge in [0.25, 0.3) is 5.91 Å². The van der Waals surface area contributed by atoms with Crippen LogP contribution in [-0.4, -0.2) is 39.0 Å². The second-order valence-electron chi connectivity index (χ2n) is 5.08. The summed E-state index contributed by atoms with van der Waals surface area (Å²) in [5.74, 6) is -1.51. The van der Waals surface area contributed by atoms with Crippen LogP contribution in [0.4, 0.5) is 0 Å². The van der Waals surface area contributed by atoms with Gasteiger partial charge in [-0.2, -0.15) is 0 Å². The number of aliphatic carboxylic acids is 1. The van der Waals surface area contributed by atoms with Gasteiger partial charge in [-0.05, 0) is 34.8 Å². The van der Waals surface area contributed by atoms with Crippen LogP contribution in [0, 0.1) is 5.92 Å². The van der Waals surface area contributed by atoms with E-state index in [9.17, 15) is 9.59 Å². The first-order chi connectivity index (χ1) is 8.90. The topological polar surface area (TPSA) is 62.5 Å². The predicted molar refractivity (Wildman–Crippen MR) is 74.0 cm³/mol. The van der Waals surface area contributed by atoms with E-state index in [0.29, 0.717) is 5.69 Å². The lowest BCUT2D eigenvalue weighted by atomic mass is 10.1. The average molecular weight is 329 g/mol. The number of nitrogens with zero attached hydrogens (tertiary/aromatic N) is 2. The van der Waals surface area contributed by atoms with Gasteiger partial charge in [-0.1, -0.05) is 6.92 Å². The largest absolute Gasteiger partial charge is 0.481 e. The highest BCUT2D eigenvalue weighted by atomic mass is 79.9. The Kier molecular flexibility index (Phi) is 3.99. The van der Waals surface area contributed by atoms with Crippen LogP contribution in [-0.2, 0) is 11.8 Å². The van der Waals surface area contributed by atoms with E-state index in [0.717, 1.165) is 17.3 Å². The van der Waals surface area contributed by atoms with Crippen LogP contribution in [0.15, 0.2) is 16.7 Å². The zero-order valence-corrected chi connectivity index (χ0v) is 12.6. The lowest BCUT2D eigenvalue weighted by molar-refractivity contribution is -0.141. The van der Waals surface area contributed by atoms with Crippen molar-refractivity contribution < 1.29 is 14.7 Å². The Hall–Kier alpha value is -1.30.